The summed E-state index contributed by atoms with van der Waals surface area (Å²) in [4.78, 5) is 89.6. The summed E-state index contributed by atoms with van der Waals surface area (Å²) in [5.74, 6) is -6.01. The van der Waals surface area contributed by atoms with Crippen LogP contribution in [-0.2, 0) is 0 Å². The van der Waals surface area contributed by atoms with Gasteiger partial charge in [0.05, 0.1) is 68.8 Å². The molecule has 6 aromatic heterocycles. The SMILES string of the molecule is C.CNC(=O)c1c(-c2ccc(F)cc2)oc2nc(NCC(F)(F)F)c(-c3cccc(C(=O)CC(C)C#N)c3)cc12.CNC(=O)c1c(-c2ccc(F)cc2)oc2nc(NCC(F)(F)F)c(-c3cccc(C(=O)CC(C)C#N)c3)cc12.CNC(=O)c1c(-c2ccc(F)cc2)oc2nc(NCC(F)(F)F)c(-c3cccc(C(=O)CC(C)C#N)c3)cc12. The summed E-state index contributed by atoms with van der Waals surface area (Å²) < 4.78 is 176. The number of nitriles is 3. The maximum atomic E-state index is 13.5. The second-order valence-electron chi connectivity index (χ2n) is 26.5. The molecule has 0 aliphatic heterocycles. The van der Waals surface area contributed by atoms with E-state index in [-0.39, 0.29) is 162 Å². The first-order chi connectivity index (χ1) is 55.5. The number of hydrogen-bond acceptors (Lipinski definition) is 18. The number of hydrogen-bond donors (Lipinski definition) is 6. The summed E-state index contributed by atoms with van der Waals surface area (Å²) in [5.41, 5.74) is 3.35. The van der Waals surface area contributed by atoms with E-state index >= 15 is 0 Å². The van der Waals surface area contributed by atoms with Crippen molar-refractivity contribution in [3.8, 4) is 85.6 Å². The maximum Gasteiger partial charge on any atom is 0.405 e. The predicted octanol–water partition coefficient (Wildman–Crippen LogP) is 19.7. The first-order valence-corrected chi connectivity index (χ1v) is 35.4. The van der Waals surface area contributed by atoms with E-state index in [1.54, 1.807) is 75.4 Å². The van der Waals surface area contributed by atoms with E-state index < -0.39 is 91.1 Å². The third-order valence-corrected chi connectivity index (χ3v) is 17.7. The molecule has 118 heavy (non-hydrogen) atoms. The standard InChI is InChI=1S/3C28H22F4N4O3.CH4/c3*1-15(13-33)10-22(37)18-5-3-4-17(11-18)20-12-21-23(26(38)34-2)24(16-6-8-19(29)9-7-16)39-27(21)36-25(20)35-14-28(30,31)32;/h3*3-9,11-12,15H,10,14H2,1-2H3,(H,34,38)(H,35,36);1H4. The van der Waals surface area contributed by atoms with E-state index in [0.29, 0.717) is 33.4 Å². The van der Waals surface area contributed by atoms with Gasteiger partial charge in [-0.1, -0.05) is 62.0 Å². The topological polar surface area (TPSA) is 324 Å². The number of aromatic nitrogens is 3. The summed E-state index contributed by atoms with van der Waals surface area (Å²) in [6.07, 6.45) is -13.8. The Bertz CT molecular complexity index is 5330. The van der Waals surface area contributed by atoms with Crippen LogP contribution in [-0.4, -0.2) is 109 Å². The number of nitrogens with one attached hydrogen (secondary N) is 6. The van der Waals surface area contributed by atoms with Crippen molar-refractivity contribution in [2.24, 2.45) is 17.8 Å². The summed E-state index contributed by atoms with van der Waals surface area (Å²) in [6.45, 7) is 0.629. The maximum absolute atomic E-state index is 13.5. The van der Waals surface area contributed by atoms with Crippen molar-refractivity contribution in [3.05, 3.63) is 215 Å². The van der Waals surface area contributed by atoms with Gasteiger partial charge in [0, 0.05) is 90.5 Å². The number of amides is 3. The van der Waals surface area contributed by atoms with Gasteiger partial charge in [0.2, 0.25) is 17.1 Å². The summed E-state index contributed by atoms with van der Waals surface area (Å²) >= 11 is 0. The highest BCUT2D eigenvalue weighted by Crippen LogP contribution is 2.43. The minimum absolute atomic E-state index is 0. The molecule has 0 fully saturated rings. The zero-order valence-electron chi connectivity index (χ0n) is 62.5. The van der Waals surface area contributed by atoms with Crippen LogP contribution in [0.25, 0.3) is 101 Å². The molecule has 3 amide bonds. The molecule has 0 bridgehead atoms. The molecule has 0 spiro atoms. The predicted molar refractivity (Wildman–Crippen MR) is 416 cm³/mol. The molecular formula is C85H70F12N12O9. The Morgan fingerprint density at radius 2 is 0.610 bits per heavy atom. The minimum Gasteiger partial charge on any atom is -0.437 e. The number of furan rings is 3. The number of anilines is 3. The number of Topliss-reactive ketones (excluding diaryl/α,β-unsaturated/α-hetero) is 3. The van der Waals surface area contributed by atoms with Gasteiger partial charge in [-0.2, -0.15) is 70.3 Å². The fraction of sp³-hybridized carbons (Fsp3) is 0.224. The highest BCUT2D eigenvalue weighted by Gasteiger charge is 2.34. The molecule has 0 aliphatic rings. The van der Waals surface area contributed by atoms with Crippen LogP contribution in [0, 0.1) is 69.2 Å². The van der Waals surface area contributed by atoms with Crippen molar-refractivity contribution in [1.82, 2.24) is 30.9 Å². The largest absolute Gasteiger partial charge is 0.437 e. The number of benzene rings is 6. The molecule has 3 atom stereocenters. The smallest absolute Gasteiger partial charge is 0.405 e. The van der Waals surface area contributed by atoms with E-state index in [0.717, 1.165) is 0 Å². The molecule has 33 heteroatoms. The molecule has 12 aromatic rings. The van der Waals surface area contributed by atoms with Crippen LogP contribution in [0.5, 0.6) is 0 Å². The fourth-order valence-corrected chi connectivity index (χ4v) is 12.1. The van der Waals surface area contributed by atoms with Crippen LogP contribution in [0.4, 0.5) is 70.1 Å². The number of pyridine rings is 3. The summed E-state index contributed by atoms with van der Waals surface area (Å²) in [7, 11) is 4.21. The number of fused-ring (bicyclic) bond motifs is 3. The molecule has 0 aliphatic carbocycles. The monoisotopic (exact) mass is 1630 g/mol. The van der Waals surface area contributed by atoms with Crippen molar-refractivity contribution in [2.45, 2.75) is 66.0 Å². The van der Waals surface area contributed by atoms with Gasteiger partial charge in [-0.3, -0.25) is 28.8 Å². The quantitative estimate of drug-likeness (QED) is 0.0242. The Balaban J connectivity index is 0.000000201. The van der Waals surface area contributed by atoms with Gasteiger partial charge < -0.3 is 45.2 Å². The lowest BCUT2D eigenvalue weighted by Gasteiger charge is -2.14. The van der Waals surface area contributed by atoms with Crippen molar-refractivity contribution in [2.75, 3.05) is 56.7 Å². The molecular weight excluding hydrogens is 1560 g/mol. The Morgan fingerprint density at radius 3 is 0.822 bits per heavy atom. The van der Waals surface area contributed by atoms with Crippen LogP contribution in [0.1, 0.15) is 110 Å². The highest BCUT2D eigenvalue weighted by molar-refractivity contribution is 6.14. The van der Waals surface area contributed by atoms with Gasteiger partial charge in [0.15, 0.2) is 17.3 Å². The Labute approximate surface area is 665 Å². The lowest BCUT2D eigenvalue weighted by molar-refractivity contribution is -0.116. The van der Waals surface area contributed by atoms with Crippen molar-refractivity contribution < 1.29 is 94.7 Å². The number of carbonyl (C=O) groups is 6. The molecule has 12 rings (SSSR count). The molecule has 6 heterocycles. The van der Waals surface area contributed by atoms with Crippen molar-refractivity contribution in [1.29, 1.82) is 15.8 Å². The third kappa shape index (κ3) is 21.4. The van der Waals surface area contributed by atoms with Gasteiger partial charge >= 0.3 is 18.5 Å². The number of carbonyl (C=O) groups excluding carboxylic acids is 6. The number of ketones is 3. The number of alkyl halides is 9. The van der Waals surface area contributed by atoms with Crippen LogP contribution < -0.4 is 31.9 Å². The van der Waals surface area contributed by atoms with Gasteiger partial charge in [-0.15, -0.1) is 0 Å². The Kier molecular flexibility index (Phi) is 27.8. The van der Waals surface area contributed by atoms with Crippen LogP contribution >= 0.6 is 0 Å². The number of nitrogens with zero attached hydrogens (tertiary/aromatic N) is 6. The van der Waals surface area contributed by atoms with E-state index in [2.05, 4.69) is 46.9 Å². The molecule has 608 valence electrons. The van der Waals surface area contributed by atoms with Crippen molar-refractivity contribution in [3.63, 3.8) is 0 Å². The van der Waals surface area contributed by atoms with E-state index in [1.807, 2.05) is 18.2 Å². The summed E-state index contributed by atoms with van der Waals surface area (Å²) in [5, 5.41) is 42.1. The molecule has 0 saturated carbocycles. The first-order valence-electron chi connectivity index (χ1n) is 35.4. The summed E-state index contributed by atoms with van der Waals surface area (Å²) in [6, 6.07) is 44.5. The lowest BCUT2D eigenvalue weighted by atomic mass is 9.96. The van der Waals surface area contributed by atoms with Crippen LogP contribution in [0.15, 0.2) is 177 Å². The Morgan fingerprint density at radius 1 is 0.373 bits per heavy atom. The zero-order chi connectivity index (χ0) is 85.0. The molecule has 0 saturated heterocycles. The molecule has 6 aromatic carbocycles. The molecule has 0 radical (unpaired) electrons. The number of halogens is 12. The second-order valence-corrected chi connectivity index (χ2v) is 26.5. The first kappa shape index (κ1) is 87.8. The van der Waals surface area contributed by atoms with Gasteiger partial charge in [0.1, 0.15) is 71.8 Å². The number of rotatable bonds is 24. The van der Waals surface area contributed by atoms with Crippen LogP contribution in [0.3, 0.4) is 0 Å². The van der Waals surface area contributed by atoms with E-state index in [9.17, 15) is 81.5 Å². The van der Waals surface area contributed by atoms with Crippen molar-refractivity contribution >= 4 is 85.8 Å². The third-order valence-electron chi connectivity index (χ3n) is 17.7. The van der Waals surface area contributed by atoms with E-state index in [4.69, 9.17) is 29.0 Å². The minimum atomic E-state index is -4.56. The lowest BCUT2D eigenvalue weighted by Crippen LogP contribution is -2.22. The molecule has 21 nitrogen and oxygen atoms in total. The highest BCUT2D eigenvalue weighted by atomic mass is 19.4. The molecule has 3 unspecified atom stereocenters. The second kappa shape index (κ2) is 37.4. The Hall–Kier alpha value is -14.2. The normalized spacial score (nSPS) is 12.0. The van der Waals surface area contributed by atoms with E-state index in [1.165, 1.54) is 130 Å². The van der Waals surface area contributed by atoms with Gasteiger partial charge in [0.25, 0.3) is 17.7 Å². The van der Waals surface area contributed by atoms with Gasteiger partial charge in [-0.05, 0) is 147 Å². The van der Waals surface area contributed by atoms with Crippen LogP contribution in [0.2, 0.25) is 0 Å². The fourth-order valence-electron chi connectivity index (χ4n) is 12.1. The average molecular weight is 1630 g/mol. The molecule has 6 N–H and O–H groups in total. The van der Waals surface area contributed by atoms with Gasteiger partial charge in [-0.25, -0.2) is 13.2 Å². The average Bonchev–Trinajstić information content (AvgIpc) is 1.61. The zero-order valence-corrected chi connectivity index (χ0v) is 62.5.